The van der Waals surface area contributed by atoms with Gasteiger partial charge in [-0.1, -0.05) is 23.7 Å². The molecule has 0 aromatic heterocycles. The molecule has 0 unspecified atom stereocenters. The topological polar surface area (TPSA) is 60.9 Å². The first-order chi connectivity index (χ1) is 13.6. The average Bonchev–Trinajstić information content (AvgIpc) is 2.69. The van der Waals surface area contributed by atoms with E-state index in [9.17, 15) is 13.5 Å². The van der Waals surface area contributed by atoms with Crippen molar-refractivity contribution in [2.24, 2.45) is 0 Å². The van der Waals surface area contributed by atoms with E-state index in [1.807, 2.05) is 40.7 Å². The van der Waals surface area contributed by atoms with E-state index in [0.29, 0.717) is 42.6 Å². The quantitative estimate of drug-likeness (QED) is 0.783. The number of aromatic hydroxyl groups is 1. The highest BCUT2D eigenvalue weighted by molar-refractivity contribution is 7.89. The van der Waals surface area contributed by atoms with Crippen LogP contribution in [0.1, 0.15) is 33.4 Å². The predicted molar refractivity (Wildman–Crippen MR) is 117 cm³/mol. The molecule has 0 aliphatic carbocycles. The highest BCUT2D eigenvalue weighted by Gasteiger charge is 2.32. The molecule has 0 spiro atoms. The Morgan fingerprint density at radius 1 is 0.897 bits per heavy atom. The largest absolute Gasteiger partial charge is 0.506 e. The Morgan fingerprint density at radius 3 is 1.97 bits per heavy atom. The first-order valence-electron chi connectivity index (χ1n) is 9.81. The third-order valence-electron chi connectivity index (χ3n) is 6.31. The molecule has 2 aromatic rings. The summed E-state index contributed by atoms with van der Waals surface area (Å²) in [6.45, 7) is 12.5. The first-order valence-corrected chi connectivity index (χ1v) is 11.6. The number of hydrogen-bond donors (Lipinski definition) is 1. The number of phenolic OH excluding ortho intramolecular Hbond substituents is 1. The molecule has 2 aromatic carbocycles. The van der Waals surface area contributed by atoms with E-state index in [-0.39, 0.29) is 5.75 Å². The third-order valence-corrected chi connectivity index (χ3v) is 8.92. The van der Waals surface area contributed by atoms with Gasteiger partial charge in [-0.2, -0.15) is 4.31 Å². The summed E-state index contributed by atoms with van der Waals surface area (Å²) in [5, 5.41) is 10.1. The molecule has 7 heteroatoms. The molecule has 1 aliphatic heterocycles. The van der Waals surface area contributed by atoms with Gasteiger partial charge in [0.15, 0.2) is 0 Å². The van der Waals surface area contributed by atoms with Gasteiger partial charge in [-0.3, -0.25) is 4.90 Å². The number of phenols is 1. The SMILES string of the molecule is Cc1c(C)c(C)c(S(=O)(=O)N2CCN(Cc3cccc(O)c3Cl)CC2)c(C)c1C. The number of rotatable bonds is 4. The number of piperazine rings is 1. The minimum atomic E-state index is -3.56. The second-order valence-electron chi connectivity index (χ2n) is 7.88. The lowest BCUT2D eigenvalue weighted by Crippen LogP contribution is -2.48. The monoisotopic (exact) mass is 436 g/mol. The Labute approximate surface area is 179 Å². The van der Waals surface area contributed by atoms with E-state index in [2.05, 4.69) is 4.90 Å². The summed E-state index contributed by atoms with van der Waals surface area (Å²) in [5.41, 5.74) is 5.79. The molecule has 1 aliphatic rings. The van der Waals surface area contributed by atoms with Crippen LogP contribution in [0.5, 0.6) is 5.75 Å². The summed E-state index contributed by atoms with van der Waals surface area (Å²) in [5.74, 6) is 0.0708. The Hall–Kier alpha value is -1.60. The minimum Gasteiger partial charge on any atom is -0.506 e. The average molecular weight is 437 g/mol. The van der Waals surface area contributed by atoms with E-state index >= 15 is 0 Å². The van der Waals surface area contributed by atoms with Gasteiger partial charge in [-0.05, 0) is 74.1 Å². The number of benzene rings is 2. The maximum atomic E-state index is 13.5. The van der Waals surface area contributed by atoms with E-state index in [1.54, 1.807) is 16.4 Å². The van der Waals surface area contributed by atoms with Crippen molar-refractivity contribution < 1.29 is 13.5 Å². The van der Waals surface area contributed by atoms with E-state index < -0.39 is 10.0 Å². The molecule has 158 valence electrons. The summed E-state index contributed by atoms with van der Waals surface area (Å²) >= 11 is 6.19. The Morgan fingerprint density at radius 2 is 1.41 bits per heavy atom. The van der Waals surface area contributed by atoms with Crippen molar-refractivity contribution in [2.45, 2.75) is 46.1 Å². The van der Waals surface area contributed by atoms with Gasteiger partial charge >= 0.3 is 0 Å². The fourth-order valence-electron chi connectivity index (χ4n) is 4.04. The van der Waals surface area contributed by atoms with Crippen molar-refractivity contribution in [3.05, 3.63) is 56.6 Å². The van der Waals surface area contributed by atoms with Gasteiger partial charge in [0, 0.05) is 32.7 Å². The molecule has 0 atom stereocenters. The predicted octanol–water partition coefficient (Wildman–Crippen LogP) is 4.09. The summed E-state index contributed by atoms with van der Waals surface area (Å²) in [4.78, 5) is 2.63. The second-order valence-corrected chi connectivity index (χ2v) is 10.1. The lowest BCUT2D eigenvalue weighted by Gasteiger charge is -2.35. The zero-order valence-electron chi connectivity index (χ0n) is 17.7. The van der Waals surface area contributed by atoms with Crippen LogP contribution in [0, 0.1) is 34.6 Å². The smallest absolute Gasteiger partial charge is 0.243 e. The maximum absolute atomic E-state index is 13.5. The van der Waals surface area contributed by atoms with Crippen LogP contribution in [0.3, 0.4) is 0 Å². The van der Waals surface area contributed by atoms with Crippen molar-refractivity contribution in [3.8, 4) is 5.75 Å². The van der Waals surface area contributed by atoms with Crippen molar-refractivity contribution in [1.29, 1.82) is 0 Å². The zero-order chi connectivity index (χ0) is 21.5. The van der Waals surface area contributed by atoms with Gasteiger partial charge in [0.1, 0.15) is 5.75 Å². The highest BCUT2D eigenvalue weighted by atomic mass is 35.5. The van der Waals surface area contributed by atoms with Gasteiger partial charge in [-0.15, -0.1) is 0 Å². The molecule has 0 bridgehead atoms. The Kier molecular flexibility index (Phi) is 6.30. The van der Waals surface area contributed by atoms with Crippen LogP contribution in [0.25, 0.3) is 0 Å². The standard InChI is InChI=1S/C22H29ClN2O3S/c1-14-15(2)17(4)22(18(5)16(14)3)29(27,28)25-11-9-24(10-12-25)13-19-7-6-8-20(26)21(19)23/h6-8,26H,9-13H2,1-5H3. The van der Waals surface area contributed by atoms with Crippen LogP contribution in [0.2, 0.25) is 5.02 Å². The fourth-order valence-corrected chi connectivity index (χ4v) is 6.21. The van der Waals surface area contributed by atoms with Crippen LogP contribution in [-0.2, 0) is 16.6 Å². The molecule has 0 saturated carbocycles. The lowest BCUT2D eigenvalue weighted by atomic mass is 9.95. The van der Waals surface area contributed by atoms with Gasteiger partial charge in [0.05, 0.1) is 9.92 Å². The molecule has 5 nitrogen and oxygen atoms in total. The van der Waals surface area contributed by atoms with Gasteiger partial charge < -0.3 is 5.11 Å². The Balaban J connectivity index is 1.80. The maximum Gasteiger partial charge on any atom is 0.243 e. The van der Waals surface area contributed by atoms with Crippen molar-refractivity contribution in [2.75, 3.05) is 26.2 Å². The number of hydrogen-bond acceptors (Lipinski definition) is 4. The molecule has 1 fully saturated rings. The van der Waals surface area contributed by atoms with Crippen LogP contribution >= 0.6 is 11.6 Å². The zero-order valence-corrected chi connectivity index (χ0v) is 19.3. The van der Waals surface area contributed by atoms with Gasteiger partial charge in [-0.25, -0.2) is 8.42 Å². The molecular weight excluding hydrogens is 408 g/mol. The molecule has 3 rings (SSSR count). The van der Waals surface area contributed by atoms with E-state index in [0.717, 1.165) is 33.4 Å². The van der Waals surface area contributed by atoms with Crippen molar-refractivity contribution in [3.63, 3.8) is 0 Å². The number of nitrogens with zero attached hydrogens (tertiary/aromatic N) is 2. The van der Waals surface area contributed by atoms with Gasteiger partial charge in [0.2, 0.25) is 10.0 Å². The van der Waals surface area contributed by atoms with Crippen molar-refractivity contribution >= 4 is 21.6 Å². The van der Waals surface area contributed by atoms with Crippen LogP contribution in [0.15, 0.2) is 23.1 Å². The summed E-state index contributed by atoms with van der Waals surface area (Å²) in [7, 11) is -3.56. The van der Waals surface area contributed by atoms with Gasteiger partial charge in [0.25, 0.3) is 0 Å². The molecule has 1 heterocycles. The van der Waals surface area contributed by atoms with Crippen molar-refractivity contribution in [1.82, 2.24) is 9.21 Å². The molecular formula is C22H29ClN2O3S. The lowest BCUT2D eigenvalue weighted by molar-refractivity contribution is 0.181. The third kappa shape index (κ3) is 4.04. The number of halogens is 1. The molecule has 1 saturated heterocycles. The highest BCUT2D eigenvalue weighted by Crippen LogP contribution is 2.32. The summed E-state index contributed by atoms with van der Waals surface area (Å²) < 4.78 is 28.5. The molecule has 1 N–H and O–H groups in total. The molecule has 0 radical (unpaired) electrons. The minimum absolute atomic E-state index is 0.0708. The molecule has 0 amide bonds. The van der Waals surface area contributed by atoms with Crippen LogP contribution < -0.4 is 0 Å². The first kappa shape index (κ1) is 22.1. The normalized spacial score (nSPS) is 16.3. The molecule has 29 heavy (non-hydrogen) atoms. The van der Waals surface area contributed by atoms with Crippen LogP contribution in [-0.4, -0.2) is 48.9 Å². The van der Waals surface area contributed by atoms with E-state index in [4.69, 9.17) is 11.6 Å². The summed E-state index contributed by atoms with van der Waals surface area (Å²) in [6.07, 6.45) is 0. The van der Waals surface area contributed by atoms with Crippen LogP contribution in [0.4, 0.5) is 0 Å². The Bertz CT molecular complexity index is 1010. The fraction of sp³-hybridized carbons (Fsp3) is 0.455. The summed E-state index contributed by atoms with van der Waals surface area (Å²) in [6, 6.07) is 5.22. The second kappa shape index (κ2) is 8.26. The van der Waals surface area contributed by atoms with E-state index in [1.165, 1.54) is 0 Å². The number of sulfonamides is 1.